The number of nitrogen functional groups attached to an aromatic ring is 1. The summed E-state index contributed by atoms with van der Waals surface area (Å²) in [4.78, 5) is 15.2. The second kappa shape index (κ2) is 7.76. The zero-order chi connectivity index (χ0) is 16.4. The van der Waals surface area contributed by atoms with Crippen LogP contribution in [0.4, 0.5) is 5.13 Å². The summed E-state index contributed by atoms with van der Waals surface area (Å²) < 4.78 is 18.8. The summed E-state index contributed by atoms with van der Waals surface area (Å²) in [6.45, 7) is 3.59. The molecule has 0 saturated carbocycles. The van der Waals surface area contributed by atoms with Crippen molar-refractivity contribution < 1.29 is 10.8 Å². The van der Waals surface area contributed by atoms with Crippen LogP contribution in [0.3, 0.4) is 0 Å². The van der Waals surface area contributed by atoms with Gasteiger partial charge in [-0.25, -0.2) is 15.0 Å². The number of hydrogen-bond donors (Lipinski definition) is 1. The summed E-state index contributed by atoms with van der Waals surface area (Å²) in [6, 6.07) is 2.03. The highest BCUT2D eigenvalue weighted by atomic mass is 35.5. The summed E-state index contributed by atoms with van der Waals surface area (Å²) in [6.07, 6.45) is 2.64. The summed E-state index contributed by atoms with van der Waals surface area (Å²) in [7, 11) is 1.56. The van der Waals surface area contributed by atoms with Gasteiger partial charge in [-0.3, -0.25) is 4.90 Å². The van der Waals surface area contributed by atoms with Gasteiger partial charge in [-0.2, -0.15) is 0 Å². The molecule has 0 aromatic carbocycles. The second-order valence-corrected chi connectivity index (χ2v) is 6.35. The molecule has 3 rings (SSSR count). The van der Waals surface area contributed by atoms with Crippen LogP contribution in [0.2, 0.25) is 0 Å². The molecule has 23 heavy (non-hydrogen) atoms. The number of ether oxygens (including phenoxy) is 2. The molecule has 0 radical (unpaired) electrons. The number of rotatable bonds is 5. The zero-order valence-electron chi connectivity index (χ0n) is 13.9. The summed E-state index contributed by atoms with van der Waals surface area (Å²) in [5.74, 6) is 0.996. The first-order valence-corrected chi connectivity index (χ1v) is 7.85. The van der Waals surface area contributed by atoms with Crippen molar-refractivity contribution in [3.63, 3.8) is 0 Å². The first-order valence-electron chi connectivity index (χ1n) is 7.53. The molecule has 2 aromatic heterocycles. The quantitative estimate of drug-likeness (QED) is 0.874. The van der Waals surface area contributed by atoms with Crippen LogP contribution in [0.25, 0.3) is 0 Å². The minimum Gasteiger partial charge on any atom is -0.481 e. The molecule has 2 atom stereocenters. The van der Waals surface area contributed by atoms with E-state index < -0.39 is 0 Å². The molecule has 1 aliphatic heterocycles. The van der Waals surface area contributed by atoms with Crippen molar-refractivity contribution in [1.82, 2.24) is 19.9 Å². The third-order valence-electron chi connectivity index (χ3n) is 3.64. The maximum absolute atomic E-state index is 7.83. The molecular weight excluding hydrogens is 338 g/mol. The predicted octanol–water partition coefficient (Wildman–Crippen LogP) is 1.99. The minimum absolute atomic E-state index is 0. The molecule has 0 unspecified atom stereocenters. The average Bonchev–Trinajstić information content (AvgIpc) is 3.02. The van der Waals surface area contributed by atoms with Gasteiger partial charge < -0.3 is 15.2 Å². The molecule has 0 aliphatic carbocycles. The van der Waals surface area contributed by atoms with E-state index in [-0.39, 0.29) is 24.7 Å². The normalized spacial score (nSPS) is 21.6. The standard InChI is InChI=1S/C14H19N5O2S.ClH/c1-9-3-10(21-13-4-12(20-2)17-8-18-13)6-19(9)7-11-5-16-14(15)22-11;/h4-5,8-10H,3,6-7H2,1-2H3,(H2,15,16);1H/t9-,10+;/m0./s1/i5D;. The lowest BCUT2D eigenvalue weighted by atomic mass is 10.2. The van der Waals surface area contributed by atoms with Crippen LogP contribution >= 0.6 is 23.7 Å². The highest BCUT2D eigenvalue weighted by molar-refractivity contribution is 7.15. The summed E-state index contributed by atoms with van der Waals surface area (Å²) in [5.41, 5.74) is 5.66. The van der Waals surface area contributed by atoms with Crippen molar-refractivity contribution in [3.05, 3.63) is 23.4 Å². The first-order chi connectivity index (χ1) is 11.0. The number of likely N-dealkylation sites (tertiary alicyclic amines) is 1. The molecule has 1 saturated heterocycles. The van der Waals surface area contributed by atoms with E-state index in [1.807, 2.05) is 0 Å². The van der Waals surface area contributed by atoms with Crippen LogP contribution in [0.5, 0.6) is 11.8 Å². The Labute approximate surface area is 146 Å². The van der Waals surface area contributed by atoms with Crippen LogP contribution in [-0.2, 0) is 6.54 Å². The van der Waals surface area contributed by atoms with Crippen LogP contribution in [0.15, 0.2) is 18.6 Å². The van der Waals surface area contributed by atoms with Crippen molar-refractivity contribution in [3.8, 4) is 11.8 Å². The smallest absolute Gasteiger partial charge is 0.220 e. The lowest BCUT2D eigenvalue weighted by Gasteiger charge is -2.19. The highest BCUT2D eigenvalue weighted by Gasteiger charge is 2.31. The molecule has 3 heterocycles. The largest absolute Gasteiger partial charge is 0.481 e. The Kier molecular flexibility index (Phi) is 5.47. The number of hydrogen-bond acceptors (Lipinski definition) is 8. The van der Waals surface area contributed by atoms with E-state index in [9.17, 15) is 0 Å². The number of thiazole rings is 1. The predicted molar refractivity (Wildman–Crippen MR) is 91.3 cm³/mol. The van der Waals surface area contributed by atoms with E-state index in [0.717, 1.165) is 17.8 Å². The number of methoxy groups -OCH3 is 1. The van der Waals surface area contributed by atoms with Crippen molar-refractivity contribution in [2.24, 2.45) is 0 Å². The number of nitrogens with zero attached hydrogens (tertiary/aromatic N) is 4. The Morgan fingerprint density at radius 2 is 2.22 bits per heavy atom. The molecule has 126 valence electrons. The van der Waals surface area contributed by atoms with E-state index in [2.05, 4.69) is 26.8 Å². The van der Waals surface area contributed by atoms with Crippen LogP contribution in [0.1, 0.15) is 19.6 Å². The molecule has 1 fully saturated rings. The Morgan fingerprint density at radius 1 is 1.43 bits per heavy atom. The SMILES string of the molecule is Cl.[2H]c1nc(N)sc1CN1C[C@H](Oc2cc(OC)ncn2)C[C@@H]1C. The Hall–Kier alpha value is -1.64. The Balaban J connectivity index is 0.00000208. The summed E-state index contributed by atoms with van der Waals surface area (Å²) >= 11 is 1.37. The Morgan fingerprint density at radius 3 is 2.91 bits per heavy atom. The van der Waals surface area contributed by atoms with Crippen LogP contribution in [-0.4, -0.2) is 45.7 Å². The molecule has 0 amide bonds. The molecule has 9 heteroatoms. The van der Waals surface area contributed by atoms with Gasteiger partial charge in [-0.1, -0.05) is 0 Å². The van der Waals surface area contributed by atoms with Gasteiger partial charge in [0.05, 0.1) is 14.5 Å². The molecule has 0 bridgehead atoms. The third-order valence-corrected chi connectivity index (χ3v) is 4.41. The molecule has 0 spiro atoms. The van der Waals surface area contributed by atoms with Gasteiger partial charge in [0.1, 0.15) is 12.4 Å². The lowest BCUT2D eigenvalue weighted by molar-refractivity contribution is 0.188. The first kappa shape index (κ1) is 16.2. The highest BCUT2D eigenvalue weighted by Crippen LogP contribution is 2.26. The zero-order valence-corrected chi connectivity index (χ0v) is 14.6. The van der Waals surface area contributed by atoms with E-state index in [1.54, 1.807) is 13.2 Å². The van der Waals surface area contributed by atoms with Gasteiger partial charge in [-0.05, 0) is 6.92 Å². The van der Waals surface area contributed by atoms with Gasteiger partial charge in [0.2, 0.25) is 11.8 Å². The number of aromatic nitrogens is 3. The summed E-state index contributed by atoms with van der Waals surface area (Å²) in [5, 5.41) is 0.442. The van der Waals surface area contributed by atoms with E-state index in [0.29, 0.717) is 29.5 Å². The molecule has 7 nitrogen and oxygen atoms in total. The number of anilines is 1. The monoisotopic (exact) mass is 358 g/mol. The fraction of sp³-hybridized carbons (Fsp3) is 0.500. The van der Waals surface area contributed by atoms with Gasteiger partial charge in [0, 0.05) is 36.6 Å². The van der Waals surface area contributed by atoms with Crippen molar-refractivity contribution in [2.75, 3.05) is 19.4 Å². The fourth-order valence-electron chi connectivity index (χ4n) is 2.56. The van der Waals surface area contributed by atoms with Crippen molar-refractivity contribution >= 4 is 28.9 Å². The van der Waals surface area contributed by atoms with Gasteiger partial charge in [0.25, 0.3) is 0 Å². The van der Waals surface area contributed by atoms with Gasteiger partial charge in [-0.15, -0.1) is 23.7 Å². The van der Waals surface area contributed by atoms with Gasteiger partial charge in [0.15, 0.2) is 5.13 Å². The topological polar surface area (TPSA) is 86.4 Å². The average molecular weight is 359 g/mol. The maximum atomic E-state index is 7.83. The van der Waals surface area contributed by atoms with E-state index in [1.165, 1.54) is 17.7 Å². The van der Waals surface area contributed by atoms with E-state index in [4.69, 9.17) is 16.6 Å². The van der Waals surface area contributed by atoms with Crippen LogP contribution in [0, 0.1) is 0 Å². The Bertz CT molecular complexity index is 689. The molecule has 2 aromatic rings. The van der Waals surface area contributed by atoms with Crippen LogP contribution < -0.4 is 15.2 Å². The number of halogens is 1. The fourth-order valence-corrected chi connectivity index (χ4v) is 3.23. The molecular formula is C14H20ClN5O2S. The molecule has 2 N–H and O–H groups in total. The maximum Gasteiger partial charge on any atom is 0.220 e. The van der Waals surface area contributed by atoms with Crippen molar-refractivity contribution in [1.29, 1.82) is 0 Å². The minimum atomic E-state index is 0. The second-order valence-electron chi connectivity index (χ2n) is 5.24. The molecule has 1 aliphatic rings. The lowest BCUT2D eigenvalue weighted by Crippen LogP contribution is -2.27. The van der Waals surface area contributed by atoms with Gasteiger partial charge >= 0.3 is 0 Å². The van der Waals surface area contributed by atoms with Crippen molar-refractivity contribution in [2.45, 2.75) is 32.0 Å². The number of nitrogens with two attached hydrogens (primary N) is 1. The van der Waals surface area contributed by atoms with E-state index >= 15 is 0 Å². The third kappa shape index (κ3) is 4.43.